The summed E-state index contributed by atoms with van der Waals surface area (Å²) >= 11 is 0. The molecule has 7 nitrogen and oxygen atoms in total. The lowest BCUT2D eigenvalue weighted by Crippen LogP contribution is -2.33. The quantitative estimate of drug-likeness (QED) is 0.697. The molecule has 0 bridgehead atoms. The van der Waals surface area contributed by atoms with Gasteiger partial charge in [-0.1, -0.05) is 0 Å². The van der Waals surface area contributed by atoms with Crippen molar-refractivity contribution in [2.45, 2.75) is 13.0 Å². The Kier molecular flexibility index (Phi) is 5.97. The van der Waals surface area contributed by atoms with E-state index in [0.29, 0.717) is 11.4 Å². The Morgan fingerprint density at radius 3 is 2.28 bits per heavy atom. The van der Waals surface area contributed by atoms with E-state index in [1.165, 1.54) is 10.7 Å². The van der Waals surface area contributed by atoms with Gasteiger partial charge in [0.1, 0.15) is 11.8 Å². The average molecular weight is 392 g/mol. The number of methoxy groups -OCH3 is 1. The van der Waals surface area contributed by atoms with Gasteiger partial charge in [-0.3, -0.25) is 9.59 Å². The first kappa shape index (κ1) is 20.1. The van der Waals surface area contributed by atoms with Gasteiger partial charge in [0, 0.05) is 37.1 Å². The van der Waals surface area contributed by atoms with Crippen LogP contribution in [-0.4, -0.2) is 36.9 Å². The van der Waals surface area contributed by atoms with Gasteiger partial charge < -0.3 is 15.0 Å². The molecule has 0 saturated carbocycles. The first-order chi connectivity index (χ1) is 13.9. The molecule has 29 heavy (non-hydrogen) atoms. The molecule has 0 aliphatic rings. The third-order valence-corrected chi connectivity index (χ3v) is 4.61. The van der Waals surface area contributed by atoms with Gasteiger partial charge in [-0.2, -0.15) is 5.10 Å². The van der Waals surface area contributed by atoms with E-state index in [9.17, 15) is 9.59 Å². The summed E-state index contributed by atoms with van der Waals surface area (Å²) in [5.41, 5.74) is 2.77. The zero-order chi connectivity index (χ0) is 21.0. The third kappa shape index (κ3) is 4.63. The Labute approximate surface area is 169 Å². The van der Waals surface area contributed by atoms with E-state index in [1.54, 1.807) is 20.1 Å². The smallest absolute Gasteiger partial charge is 0.267 e. The van der Waals surface area contributed by atoms with Crippen molar-refractivity contribution in [1.29, 1.82) is 0 Å². The lowest BCUT2D eigenvalue weighted by atomic mass is 10.1. The summed E-state index contributed by atoms with van der Waals surface area (Å²) in [6, 6.07) is 17.1. The van der Waals surface area contributed by atoms with Crippen molar-refractivity contribution in [1.82, 2.24) is 9.78 Å². The molecule has 1 aromatic heterocycles. The van der Waals surface area contributed by atoms with Crippen LogP contribution in [0.1, 0.15) is 13.0 Å². The van der Waals surface area contributed by atoms with E-state index in [-0.39, 0.29) is 11.5 Å². The number of nitrogens with zero attached hydrogens (tertiary/aromatic N) is 3. The van der Waals surface area contributed by atoms with Crippen LogP contribution in [0.15, 0.2) is 65.5 Å². The summed E-state index contributed by atoms with van der Waals surface area (Å²) < 4.78 is 6.36. The van der Waals surface area contributed by atoms with Crippen LogP contribution in [0.4, 0.5) is 11.4 Å². The first-order valence-corrected chi connectivity index (χ1v) is 9.21. The summed E-state index contributed by atoms with van der Waals surface area (Å²) in [6.45, 7) is 1.65. The maximum absolute atomic E-state index is 12.7. The van der Waals surface area contributed by atoms with Gasteiger partial charge in [0.15, 0.2) is 0 Å². The van der Waals surface area contributed by atoms with Crippen molar-refractivity contribution in [3.05, 3.63) is 71.0 Å². The molecule has 1 heterocycles. The molecule has 1 amide bonds. The number of rotatable bonds is 6. The zero-order valence-electron chi connectivity index (χ0n) is 16.9. The van der Waals surface area contributed by atoms with Crippen LogP contribution in [0.5, 0.6) is 5.75 Å². The second-order valence-electron chi connectivity index (χ2n) is 6.84. The van der Waals surface area contributed by atoms with Crippen LogP contribution < -0.4 is 20.5 Å². The SMILES string of the molecule is COc1ccc(-c2ccc(=O)n(C(C)C(=O)Nc3ccc(N(C)C)cc3)n2)cc1. The van der Waals surface area contributed by atoms with Crippen molar-refractivity contribution in [3.8, 4) is 17.0 Å². The molecule has 0 aliphatic heterocycles. The van der Waals surface area contributed by atoms with Crippen molar-refractivity contribution in [2.24, 2.45) is 0 Å². The topological polar surface area (TPSA) is 76.5 Å². The molecule has 7 heteroatoms. The summed E-state index contributed by atoms with van der Waals surface area (Å²) in [5, 5.41) is 7.23. The van der Waals surface area contributed by atoms with Crippen molar-refractivity contribution >= 4 is 17.3 Å². The Bertz CT molecular complexity index is 1040. The van der Waals surface area contributed by atoms with Crippen LogP contribution in [0.25, 0.3) is 11.3 Å². The van der Waals surface area contributed by atoms with Gasteiger partial charge in [-0.15, -0.1) is 0 Å². The number of hydrogen-bond donors (Lipinski definition) is 1. The number of amides is 1. The second-order valence-corrected chi connectivity index (χ2v) is 6.84. The van der Waals surface area contributed by atoms with Crippen LogP contribution in [0.2, 0.25) is 0 Å². The minimum atomic E-state index is -0.769. The van der Waals surface area contributed by atoms with Crippen LogP contribution in [0.3, 0.4) is 0 Å². The molecule has 0 aliphatic carbocycles. The molecule has 3 rings (SSSR count). The van der Waals surface area contributed by atoms with Gasteiger partial charge in [0.25, 0.3) is 5.56 Å². The Hall–Kier alpha value is -3.61. The highest BCUT2D eigenvalue weighted by Gasteiger charge is 2.18. The summed E-state index contributed by atoms with van der Waals surface area (Å²) in [7, 11) is 5.49. The van der Waals surface area contributed by atoms with Crippen LogP contribution >= 0.6 is 0 Å². The van der Waals surface area contributed by atoms with E-state index < -0.39 is 6.04 Å². The molecular formula is C22H24N4O3. The minimum Gasteiger partial charge on any atom is -0.497 e. The predicted molar refractivity (Wildman–Crippen MR) is 115 cm³/mol. The highest BCUT2D eigenvalue weighted by molar-refractivity contribution is 5.93. The summed E-state index contributed by atoms with van der Waals surface area (Å²) in [5.74, 6) is 0.416. The van der Waals surface area contributed by atoms with Crippen LogP contribution in [-0.2, 0) is 4.79 Å². The second kappa shape index (κ2) is 8.60. The molecule has 1 N–H and O–H groups in total. The van der Waals surface area contributed by atoms with Gasteiger partial charge >= 0.3 is 0 Å². The molecule has 150 valence electrons. The first-order valence-electron chi connectivity index (χ1n) is 9.21. The fourth-order valence-corrected chi connectivity index (χ4v) is 2.82. The largest absolute Gasteiger partial charge is 0.497 e. The number of benzene rings is 2. The fraction of sp³-hybridized carbons (Fsp3) is 0.227. The van der Waals surface area contributed by atoms with Gasteiger partial charge in [-0.05, 0) is 61.5 Å². The van der Waals surface area contributed by atoms with Gasteiger partial charge in [-0.25, -0.2) is 4.68 Å². The van der Waals surface area contributed by atoms with Gasteiger partial charge in [0.2, 0.25) is 5.91 Å². The molecule has 2 aromatic carbocycles. The monoisotopic (exact) mass is 392 g/mol. The van der Waals surface area contributed by atoms with E-state index in [2.05, 4.69) is 10.4 Å². The van der Waals surface area contributed by atoms with Crippen molar-refractivity contribution < 1.29 is 9.53 Å². The van der Waals surface area contributed by atoms with E-state index >= 15 is 0 Å². The highest BCUT2D eigenvalue weighted by atomic mass is 16.5. The number of nitrogens with one attached hydrogen (secondary N) is 1. The Morgan fingerprint density at radius 2 is 1.69 bits per heavy atom. The van der Waals surface area contributed by atoms with Crippen LogP contribution in [0, 0.1) is 0 Å². The van der Waals surface area contributed by atoms with E-state index in [4.69, 9.17) is 4.74 Å². The molecular weight excluding hydrogens is 368 g/mol. The number of carbonyl (C=O) groups is 1. The molecule has 1 unspecified atom stereocenters. The average Bonchev–Trinajstić information content (AvgIpc) is 2.74. The minimum absolute atomic E-state index is 0.316. The number of aromatic nitrogens is 2. The Morgan fingerprint density at radius 1 is 1.03 bits per heavy atom. The maximum Gasteiger partial charge on any atom is 0.267 e. The molecule has 0 saturated heterocycles. The molecule has 1 atom stereocenters. The normalized spacial score (nSPS) is 11.6. The molecule has 3 aromatic rings. The van der Waals surface area contributed by atoms with E-state index in [1.807, 2.05) is 67.5 Å². The number of carbonyl (C=O) groups excluding carboxylic acids is 1. The van der Waals surface area contributed by atoms with Gasteiger partial charge in [0.05, 0.1) is 12.8 Å². The fourth-order valence-electron chi connectivity index (χ4n) is 2.82. The lowest BCUT2D eigenvalue weighted by Gasteiger charge is -2.16. The number of hydrogen-bond acceptors (Lipinski definition) is 5. The predicted octanol–water partition coefficient (Wildman–Crippen LogP) is 3.18. The molecule has 0 fully saturated rings. The highest BCUT2D eigenvalue weighted by Crippen LogP contribution is 2.21. The summed E-state index contributed by atoms with van der Waals surface area (Å²) in [6.07, 6.45) is 0. The standard InChI is InChI=1S/C22H24N4O3/c1-15(22(28)23-17-7-9-18(10-8-17)25(2)3)26-21(27)14-13-20(24-26)16-5-11-19(29-4)12-6-16/h5-15H,1-4H3,(H,23,28). The summed E-state index contributed by atoms with van der Waals surface area (Å²) in [4.78, 5) is 27.0. The zero-order valence-corrected chi connectivity index (χ0v) is 16.9. The Balaban J connectivity index is 1.81. The number of ether oxygens (including phenoxy) is 1. The van der Waals surface area contributed by atoms with E-state index in [0.717, 1.165) is 17.0 Å². The molecule has 0 radical (unpaired) electrons. The maximum atomic E-state index is 12.7. The van der Waals surface area contributed by atoms with Crippen molar-refractivity contribution in [3.63, 3.8) is 0 Å². The lowest BCUT2D eigenvalue weighted by molar-refractivity contribution is -0.119. The van der Waals surface area contributed by atoms with Crippen molar-refractivity contribution in [2.75, 3.05) is 31.4 Å². The number of anilines is 2. The molecule has 0 spiro atoms. The third-order valence-electron chi connectivity index (χ3n) is 4.61.